The summed E-state index contributed by atoms with van der Waals surface area (Å²) in [6.45, 7) is 2.11. The predicted molar refractivity (Wildman–Crippen MR) is 54.3 cm³/mol. The van der Waals surface area contributed by atoms with Crippen molar-refractivity contribution in [1.29, 1.82) is 0 Å². The molecule has 1 heterocycles. The van der Waals surface area contributed by atoms with Crippen molar-refractivity contribution in [3.8, 4) is 0 Å². The zero-order valence-electron chi connectivity index (χ0n) is 8.87. The number of hydrogen-bond acceptors (Lipinski definition) is 2. The second kappa shape index (κ2) is 6.02. The number of carboxylic acids is 1. The monoisotopic (exact) mass is 200 g/mol. The highest BCUT2D eigenvalue weighted by atomic mass is 16.6. The van der Waals surface area contributed by atoms with Crippen LogP contribution in [-0.2, 0) is 9.53 Å². The Morgan fingerprint density at radius 2 is 1.79 bits per heavy atom. The zero-order valence-corrected chi connectivity index (χ0v) is 8.87. The van der Waals surface area contributed by atoms with E-state index >= 15 is 0 Å². The van der Waals surface area contributed by atoms with Crippen LogP contribution in [0.15, 0.2) is 0 Å². The van der Waals surface area contributed by atoms with E-state index in [0.717, 1.165) is 19.3 Å². The van der Waals surface area contributed by atoms with Gasteiger partial charge in [0.05, 0.1) is 12.2 Å². The Morgan fingerprint density at radius 1 is 1.21 bits per heavy atom. The smallest absolute Gasteiger partial charge is 0.303 e. The minimum absolute atomic E-state index is 0.322. The lowest BCUT2D eigenvalue weighted by molar-refractivity contribution is -0.137. The number of unbranched alkanes of at least 4 members (excludes halogenated alkanes) is 4. The molecule has 0 aromatic rings. The number of hydrogen-bond donors (Lipinski definition) is 1. The molecule has 1 saturated heterocycles. The van der Waals surface area contributed by atoms with Crippen LogP contribution < -0.4 is 0 Å². The van der Waals surface area contributed by atoms with Gasteiger partial charge in [0.25, 0.3) is 0 Å². The van der Waals surface area contributed by atoms with Crippen molar-refractivity contribution < 1.29 is 14.6 Å². The van der Waals surface area contributed by atoms with Crippen LogP contribution in [0.2, 0.25) is 0 Å². The molecule has 0 aromatic heterocycles. The molecule has 82 valence electrons. The fraction of sp³-hybridized carbons (Fsp3) is 0.909. The fourth-order valence-electron chi connectivity index (χ4n) is 1.69. The lowest BCUT2D eigenvalue weighted by Gasteiger charge is -1.98. The van der Waals surface area contributed by atoms with Gasteiger partial charge >= 0.3 is 5.97 Å². The fourth-order valence-corrected chi connectivity index (χ4v) is 1.69. The van der Waals surface area contributed by atoms with Crippen molar-refractivity contribution >= 4 is 5.97 Å². The van der Waals surface area contributed by atoms with Gasteiger partial charge in [0.15, 0.2) is 0 Å². The maximum atomic E-state index is 10.2. The normalized spacial score (nSPS) is 24.9. The van der Waals surface area contributed by atoms with E-state index in [0.29, 0.717) is 18.6 Å². The highest BCUT2D eigenvalue weighted by molar-refractivity contribution is 5.66. The molecule has 2 atom stereocenters. The van der Waals surface area contributed by atoms with Crippen LogP contribution in [0, 0.1) is 0 Å². The molecule has 14 heavy (non-hydrogen) atoms. The Hall–Kier alpha value is -0.570. The number of epoxide rings is 1. The molecule has 0 unspecified atom stereocenters. The van der Waals surface area contributed by atoms with Crippen molar-refractivity contribution in [1.82, 2.24) is 0 Å². The third kappa shape index (κ3) is 5.22. The molecule has 0 amide bonds. The van der Waals surface area contributed by atoms with Gasteiger partial charge in [-0.25, -0.2) is 0 Å². The van der Waals surface area contributed by atoms with Crippen LogP contribution in [0.3, 0.4) is 0 Å². The highest BCUT2D eigenvalue weighted by Gasteiger charge is 2.32. The van der Waals surface area contributed by atoms with E-state index in [1.165, 1.54) is 19.3 Å². The van der Waals surface area contributed by atoms with Crippen LogP contribution in [0.25, 0.3) is 0 Å². The topological polar surface area (TPSA) is 49.8 Å². The van der Waals surface area contributed by atoms with Crippen LogP contribution >= 0.6 is 0 Å². The molecule has 1 N–H and O–H groups in total. The summed E-state index contributed by atoms with van der Waals surface area (Å²) >= 11 is 0. The van der Waals surface area contributed by atoms with E-state index in [9.17, 15) is 4.79 Å². The lowest BCUT2D eigenvalue weighted by Crippen LogP contribution is -1.94. The summed E-state index contributed by atoms with van der Waals surface area (Å²) in [4.78, 5) is 10.2. The molecule has 0 spiro atoms. The molecule has 3 nitrogen and oxygen atoms in total. The largest absolute Gasteiger partial charge is 0.481 e. The summed E-state index contributed by atoms with van der Waals surface area (Å²) in [7, 11) is 0. The molecule has 1 fully saturated rings. The third-order valence-electron chi connectivity index (χ3n) is 2.72. The first kappa shape index (κ1) is 11.5. The van der Waals surface area contributed by atoms with E-state index in [2.05, 4.69) is 6.92 Å². The Morgan fingerprint density at radius 3 is 2.36 bits per heavy atom. The first-order chi connectivity index (χ1) is 6.70. The van der Waals surface area contributed by atoms with Crippen molar-refractivity contribution in [2.75, 3.05) is 0 Å². The van der Waals surface area contributed by atoms with Crippen LogP contribution in [0.1, 0.15) is 51.9 Å². The summed E-state index contributed by atoms with van der Waals surface area (Å²) in [5.74, 6) is -0.676. The molecule has 0 saturated carbocycles. The highest BCUT2D eigenvalue weighted by Crippen LogP contribution is 2.26. The van der Waals surface area contributed by atoms with Gasteiger partial charge in [-0.15, -0.1) is 0 Å². The van der Waals surface area contributed by atoms with Crippen LogP contribution in [-0.4, -0.2) is 23.3 Å². The molecule has 0 aliphatic carbocycles. The standard InChI is InChI=1S/C11H20O3/c1-9-10(14-9)7-5-3-2-4-6-8-11(12)13/h9-10H,2-8H2,1H3,(H,12,13)/t9-,10+/m1/s1. The summed E-state index contributed by atoms with van der Waals surface area (Å²) in [6.07, 6.45) is 7.99. The van der Waals surface area contributed by atoms with Gasteiger partial charge < -0.3 is 9.84 Å². The quantitative estimate of drug-likeness (QED) is 0.484. The molecular weight excluding hydrogens is 180 g/mol. The molecule has 1 aliphatic rings. The summed E-state index contributed by atoms with van der Waals surface area (Å²) in [6, 6.07) is 0. The number of carboxylic acid groups (broad SMARTS) is 1. The Labute approximate surface area is 85.5 Å². The van der Waals surface area contributed by atoms with E-state index in [1.807, 2.05) is 0 Å². The molecule has 1 rings (SSSR count). The van der Waals surface area contributed by atoms with E-state index in [-0.39, 0.29) is 0 Å². The molecule has 0 bridgehead atoms. The Kier molecular flexibility index (Phi) is 4.94. The number of carbonyl (C=O) groups is 1. The third-order valence-corrected chi connectivity index (χ3v) is 2.72. The minimum atomic E-state index is -0.676. The van der Waals surface area contributed by atoms with Gasteiger partial charge in [0.1, 0.15) is 0 Å². The van der Waals surface area contributed by atoms with Gasteiger partial charge in [-0.2, -0.15) is 0 Å². The number of ether oxygens (including phenoxy) is 1. The van der Waals surface area contributed by atoms with Crippen molar-refractivity contribution in [3.05, 3.63) is 0 Å². The van der Waals surface area contributed by atoms with Crippen molar-refractivity contribution in [2.24, 2.45) is 0 Å². The molecular formula is C11H20O3. The van der Waals surface area contributed by atoms with Crippen LogP contribution in [0.4, 0.5) is 0 Å². The van der Waals surface area contributed by atoms with Crippen LogP contribution in [0.5, 0.6) is 0 Å². The SMILES string of the molecule is C[C@H]1O[C@H]1CCCCCCCC(=O)O. The second-order valence-electron chi connectivity index (χ2n) is 4.08. The number of rotatable bonds is 8. The second-order valence-corrected chi connectivity index (χ2v) is 4.08. The van der Waals surface area contributed by atoms with Crippen molar-refractivity contribution in [2.45, 2.75) is 64.1 Å². The van der Waals surface area contributed by atoms with E-state index < -0.39 is 5.97 Å². The average molecular weight is 200 g/mol. The first-order valence-electron chi connectivity index (χ1n) is 5.57. The van der Waals surface area contributed by atoms with Gasteiger partial charge in [0.2, 0.25) is 0 Å². The zero-order chi connectivity index (χ0) is 10.4. The average Bonchev–Trinajstić information content (AvgIpc) is 2.80. The summed E-state index contributed by atoms with van der Waals surface area (Å²) < 4.78 is 5.30. The summed E-state index contributed by atoms with van der Waals surface area (Å²) in [5, 5.41) is 8.41. The molecule has 0 radical (unpaired) electrons. The Balaban J connectivity index is 1.74. The molecule has 1 aliphatic heterocycles. The van der Waals surface area contributed by atoms with Gasteiger partial charge in [-0.1, -0.05) is 25.7 Å². The summed E-state index contributed by atoms with van der Waals surface area (Å²) in [5.41, 5.74) is 0. The van der Waals surface area contributed by atoms with Gasteiger partial charge in [-0.05, 0) is 19.8 Å². The minimum Gasteiger partial charge on any atom is -0.481 e. The maximum absolute atomic E-state index is 10.2. The maximum Gasteiger partial charge on any atom is 0.303 e. The molecule has 0 aromatic carbocycles. The number of aliphatic carboxylic acids is 1. The predicted octanol–water partition coefficient (Wildman–Crippen LogP) is 2.59. The van der Waals surface area contributed by atoms with E-state index in [1.54, 1.807) is 0 Å². The van der Waals surface area contributed by atoms with E-state index in [4.69, 9.17) is 9.84 Å². The van der Waals surface area contributed by atoms with Crippen molar-refractivity contribution in [3.63, 3.8) is 0 Å². The Bertz CT molecular complexity index is 179. The van der Waals surface area contributed by atoms with Gasteiger partial charge in [0, 0.05) is 6.42 Å². The van der Waals surface area contributed by atoms with Gasteiger partial charge in [-0.3, -0.25) is 4.79 Å². The first-order valence-corrected chi connectivity index (χ1v) is 5.57. The molecule has 3 heteroatoms. The lowest BCUT2D eigenvalue weighted by atomic mass is 10.1.